The predicted molar refractivity (Wildman–Crippen MR) is 132 cm³/mol. The summed E-state index contributed by atoms with van der Waals surface area (Å²) in [5.41, 5.74) is 6.34. The molecule has 1 fully saturated rings. The second-order valence-electron chi connectivity index (χ2n) is 8.61. The number of H-pyrrole nitrogens is 2. The predicted octanol–water partition coefficient (Wildman–Crippen LogP) is 1.76. The Morgan fingerprint density at radius 3 is 2.81 bits per heavy atom. The molecule has 0 aliphatic carbocycles. The number of fused-ring (bicyclic) bond motifs is 1. The van der Waals surface area contributed by atoms with E-state index in [9.17, 15) is 0 Å². The number of rotatable bonds is 4. The lowest BCUT2D eigenvalue weighted by atomic mass is 10.0. The van der Waals surface area contributed by atoms with E-state index < -0.39 is 0 Å². The number of hydrogen-bond donors (Lipinski definition) is 3. The number of pyridine rings is 1. The first-order valence-electron chi connectivity index (χ1n) is 11.4. The minimum absolute atomic E-state index is 0.896. The molecule has 3 aromatic heterocycles. The Balaban J connectivity index is 1.57. The molecule has 5 rings (SSSR count). The average Bonchev–Trinajstić information content (AvgIpc) is 3.43. The highest BCUT2D eigenvalue weighted by molar-refractivity contribution is 5.93. The Kier molecular flexibility index (Phi) is 5.68. The zero-order chi connectivity index (χ0) is 22.1. The third-order valence-electron chi connectivity index (χ3n) is 6.53. The maximum atomic E-state index is 4.66. The normalized spacial score (nSPS) is 19.1. The summed E-state index contributed by atoms with van der Waals surface area (Å²) in [6.45, 7) is 12.5. The fourth-order valence-corrected chi connectivity index (χ4v) is 4.58. The summed E-state index contributed by atoms with van der Waals surface area (Å²) in [7, 11) is 2.18. The van der Waals surface area contributed by atoms with E-state index >= 15 is 0 Å². The van der Waals surface area contributed by atoms with Gasteiger partial charge in [-0.1, -0.05) is 18.7 Å². The topological polar surface area (TPSA) is 75.9 Å². The van der Waals surface area contributed by atoms with Crippen LogP contribution in [0, 0.1) is 0 Å². The highest BCUT2D eigenvalue weighted by Gasteiger charge is 2.19. The fourth-order valence-electron chi connectivity index (χ4n) is 4.58. The lowest BCUT2D eigenvalue weighted by Crippen LogP contribution is -2.44. The molecule has 0 atom stereocenters. The van der Waals surface area contributed by atoms with Crippen molar-refractivity contribution in [3.63, 3.8) is 0 Å². The number of allylic oxidation sites excluding steroid dienone is 1. The Labute approximate surface area is 188 Å². The van der Waals surface area contributed by atoms with Crippen LogP contribution in [0.3, 0.4) is 0 Å². The van der Waals surface area contributed by atoms with Crippen LogP contribution >= 0.6 is 0 Å². The average molecular weight is 430 g/mol. The Morgan fingerprint density at radius 2 is 2.06 bits per heavy atom. The SMILES string of the molecule is C=C(/C=c1/c(-c2cc3c(N4CCN(C)CC4)ccnc3[nH]2)n[nH]/c1=C/C)C1=CCNCC1. The largest absolute Gasteiger partial charge is 0.368 e. The van der Waals surface area contributed by atoms with Crippen molar-refractivity contribution in [3.05, 3.63) is 52.7 Å². The summed E-state index contributed by atoms with van der Waals surface area (Å²) in [4.78, 5) is 12.9. The van der Waals surface area contributed by atoms with Gasteiger partial charge in [0.15, 0.2) is 0 Å². The van der Waals surface area contributed by atoms with Crippen LogP contribution in [0.5, 0.6) is 0 Å². The Bertz CT molecular complexity index is 1290. The maximum absolute atomic E-state index is 4.66. The molecule has 3 aromatic rings. The monoisotopic (exact) mass is 429 g/mol. The van der Waals surface area contributed by atoms with E-state index in [0.717, 1.165) is 84.3 Å². The molecule has 2 aliphatic rings. The number of likely N-dealkylation sites (N-methyl/N-ethyl adjacent to an activating group) is 1. The molecule has 2 aliphatic heterocycles. The van der Waals surface area contributed by atoms with E-state index in [1.807, 2.05) is 13.1 Å². The zero-order valence-electron chi connectivity index (χ0n) is 18.9. The van der Waals surface area contributed by atoms with Gasteiger partial charge in [0.2, 0.25) is 0 Å². The first-order chi connectivity index (χ1) is 15.6. The number of aromatic amines is 2. The van der Waals surface area contributed by atoms with Gasteiger partial charge in [-0.15, -0.1) is 0 Å². The first kappa shape index (κ1) is 20.7. The van der Waals surface area contributed by atoms with Crippen LogP contribution in [0.15, 0.2) is 42.1 Å². The van der Waals surface area contributed by atoms with Gasteiger partial charge in [0, 0.05) is 55.2 Å². The van der Waals surface area contributed by atoms with Crippen LogP contribution in [0.25, 0.3) is 34.6 Å². The standard InChI is InChI=1S/C25H31N7/c1-4-21-19(15-17(2)18-5-8-26-9-6-18)24(30-29-21)22-16-20-23(7-10-27-25(20)28-22)32-13-11-31(3)12-14-32/h4-5,7,10,15-16,26,29H,2,6,8-9,11-14H2,1,3H3,(H,27,28)/b19-15+,21-4+. The number of hydrogen-bond acceptors (Lipinski definition) is 5. The van der Waals surface area contributed by atoms with E-state index in [0.29, 0.717) is 0 Å². The third-order valence-corrected chi connectivity index (χ3v) is 6.53. The van der Waals surface area contributed by atoms with Crippen molar-refractivity contribution in [2.75, 3.05) is 51.2 Å². The fraction of sp³-hybridized carbons (Fsp3) is 0.360. The molecule has 166 valence electrons. The molecule has 7 heteroatoms. The molecular weight excluding hydrogens is 398 g/mol. The molecule has 0 radical (unpaired) electrons. The molecule has 0 spiro atoms. The smallest absolute Gasteiger partial charge is 0.139 e. The Hall–Kier alpha value is -3.16. The molecule has 0 unspecified atom stereocenters. The molecule has 0 bridgehead atoms. The minimum atomic E-state index is 0.896. The lowest BCUT2D eigenvalue weighted by molar-refractivity contribution is 0.313. The number of aromatic nitrogens is 4. The van der Waals surface area contributed by atoms with Gasteiger partial charge >= 0.3 is 0 Å². The molecule has 0 saturated carbocycles. The van der Waals surface area contributed by atoms with Gasteiger partial charge in [-0.2, -0.15) is 5.10 Å². The number of anilines is 1. The second-order valence-corrected chi connectivity index (χ2v) is 8.61. The quantitative estimate of drug-likeness (QED) is 0.589. The molecule has 0 amide bonds. The molecular formula is C25H31N7. The minimum Gasteiger partial charge on any atom is -0.368 e. The summed E-state index contributed by atoms with van der Waals surface area (Å²) >= 11 is 0. The summed E-state index contributed by atoms with van der Waals surface area (Å²) in [6.07, 6.45) is 9.34. The number of nitrogens with one attached hydrogen (secondary N) is 3. The summed E-state index contributed by atoms with van der Waals surface area (Å²) in [5.74, 6) is 0. The summed E-state index contributed by atoms with van der Waals surface area (Å²) in [6, 6.07) is 4.31. The highest BCUT2D eigenvalue weighted by Crippen LogP contribution is 2.29. The summed E-state index contributed by atoms with van der Waals surface area (Å²) < 4.78 is 0. The van der Waals surface area contributed by atoms with Crippen LogP contribution in [0.2, 0.25) is 0 Å². The van der Waals surface area contributed by atoms with Crippen LogP contribution in [-0.2, 0) is 0 Å². The second kappa shape index (κ2) is 8.76. The van der Waals surface area contributed by atoms with Gasteiger partial charge in [0.05, 0.1) is 11.0 Å². The van der Waals surface area contributed by atoms with Crippen molar-refractivity contribution in [2.45, 2.75) is 13.3 Å². The zero-order valence-corrected chi connectivity index (χ0v) is 18.9. The van der Waals surface area contributed by atoms with Gasteiger partial charge in [-0.3, -0.25) is 5.10 Å². The van der Waals surface area contributed by atoms with Crippen molar-refractivity contribution < 1.29 is 0 Å². The molecule has 7 nitrogen and oxygen atoms in total. The van der Waals surface area contributed by atoms with Crippen LogP contribution < -0.4 is 20.8 Å². The number of nitrogens with zero attached hydrogens (tertiary/aromatic N) is 4. The van der Waals surface area contributed by atoms with Crippen molar-refractivity contribution in [1.29, 1.82) is 0 Å². The van der Waals surface area contributed by atoms with Crippen LogP contribution in [0.1, 0.15) is 13.3 Å². The van der Waals surface area contributed by atoms with Gasteiger partial charge in [0.1, 0.15) is 11.3 Å². The van der Waals surface area contributed by atoms with Crippen molar-refractivity contribution in [1.82, 2.24) is 30.4 Å². The first-order valence-corrected chi connectivity index (χ1v) is 11.4. The molecule has 0 aromatic carbocycles. The van der Waals surface area contributed by atoms with E-state index in [4.69, 9.17) is 0 Å². The third kappa shape index (κ3) is 3.89. The van der Waals surface area contributed by atoms with Crippen molar-refractivity contribution in [2.24, 2.45) is 0 Å². The van der Waals surface area contributed by atoms with E-state index in [1.54, 1.807) is 0 Å². The molecule has 32 heavy (non-hydrogen) atoms. The lowest BCUT2D eigenvalue weighted by Gasteiger charge is -2.34. The van der Waals surface area contributed by atoms with Gasteiger partial charge in [-0.05, 0) is 56.3 Å². The van der Waals surface area contributed by atoms with Gasteiger partial charge in [-0.25, -0.2) is 4.98 Å². The van der Waals surface area contributed by atoms with Gasteiger partial charge < -0.3 is 20.1 Å². The number of piperazine rings is 1. The molecule has 3 N–H and O–H groups in total. The molecule has 5 heterocycles. The van der Waals surface area contributed by atoms with Crippen LogP contribution in [0.4, 0.5) is 5.69 Å². The van der Waals surface area contributed by atoms with E-state index in [2.05, 4.69) is 79.3 Å². The van der Waals surface area contributed by atoms with Gasteiger partial charge in [0.25, 0.3) is 0 Å². The van der Waals surface area contributed by atoms with Crippen molar-refractivity contribution >= 4 is 28.9 Å². The maximum Gasteiger partial charge on any atom is 0.139 e. The highest BCUT2D eigenvalue weighted by atomic mass is 15.2. The van der Waals surface area contributed by atoms with Crippen molar-refractivity contribution in [3.8, 4) is 11.4 Å². The van der Waals surface area contributed by atoms with Crippen LogP contribution in [-0.4, -0.2) is 71.4 Å². The van der Waals surface area contributed by atoms with E-state index in [-0.39, 0.29) is 0 Å². The summed E-state index contributed by atoms with van der Waals surface area (Å²) in [5, 5.41) is 14.4. The molecule has 1 saturated heterocycles. The van der Waals surface area contributed by atoms with E-state index in [1.165, 1.54) is 11.3 Å². The Morgan fingerprint density at radius 1 is 1.22 bits per heavy atom.